The van der Waals surface area contributed by atoms with Crippen LogP contribution < -0.4 is 10.6 Å². The van der Waals surface area contributed by atoms with E-state index in [9.17, 15) is 4.79 Å². The Morgan fingerprint density at radius 3 is 2.72 bits per heavy atom. The quantitative estimate of drug-likeness (QED) is 0.324. The van der Waals surface area contributed by atoms with Crippen molar-refractivity contribution in [3.05, 3.63) is 17.3 Å². The summed E-state index contributed by atoms with van der Waals surface area (Å²) >= 11 is 0. The highest BCUT2D eigenvalue weighted by Gasteiger charge is 2.18. The van der Waals surface area contributed by atoms with Crippen molar-refractivity contribution in [2.24, 2.45) is 4.99 Å². The van der Waals surface area contributed by atoms with Gasteiger partial charge in [0.15, 0.2) is 5.96 Å². The fourth-order valence-corrected chi connectivity index (χ4v) is 2.79. The Morgan fingerprint density at radius 1 is 1.32 bits per heavy atom. The molecule has 25 heavy (non-hydrogen) atoms. The average Bonchev–Trinajstić information content (AvgIpc) is 3.19. The summed E-state index contributed by atoms with van der Waals surface area (Å²) in [5.41, 5.74) is 0.893. The molecule has 0 spiro atoms. The van der Waals surface area contributed by atoms with E-state index >= 15 is 0 Å². The third kappa shape index (κ3) is 6.76. The lowest BCUT2D eigenvalue weighted by atomic mass is 10.3. The summed E-state index contributed by atoms with van der Waals surface area (Å²) in [7, 11) is 0. The molecule has 0 amide bonds. The van der Waals surface area contributed by atoms with E-state index in [1.165, 1.54) is 12.8 Å². The maximum atomic E-state index is 11.8. The Hall–Kier alpha value is -2.05. The highest BCUT2D eigenvalue weighted by atomic mass is 16.5. The van der Waals surface area contributed by atoms with Crippen LogP contribution in [0.3, 0.4) is 0 Å². The first-order valence-corrected chi connectivity index (χ1v) is 9.23. The Labute approximate surface area is 149 Å². The number of carbonyl (C=O) groups excluding carboxylic acids is 1. The zero-order valence-corrected chi connectivity index (χ0v) is 15.6. The van der Waals surface area contributed by atoms with Gasteiger partial charge in [-0.3, -0.25) is 4.79 Å². The molecule has 1 heterocycles. The van der Waals surface area contributed by atoms with Crippen LogP contribution in [0.25, 0.3) is 0 Å². The molecule has 140 valence electrons. The monoisotopic (exact) mass is 350 g/mol. The van der Waals surface area contributed by atoms with Crippen molar-refractivity contribution in [1.82, 2.24) is 15.6 Å². The molecular formula is C18H30N4O3. The number of oxazole rings is 1. The lowest BCUT2D eigenvalue weighted by molar-refractivity contribution is -0.148. The summed E-state index contributed by atoms with van der Waals surface area (Å²) in [5.74, 6) is 2.03. The number of aromatic nitrogens is 1. The van der Waals surface area contributed by atoms with Crippen molar-refractivity contribution in [1.29, 1.82) is 0 Å². The molecule has 7 nitrogen and oxygen atoms in total. The standard InChI is InChI=1S/C18H30N4O3/c1-4-19-18(21-12-16-22-13(2)14(3)24-16)20-11-7-10-17(23)25-15-8-5-6-9-15/h15H,4-12H2,1-3H3,(H2,19,20,21). The number of esters is 1. The van der Waals surface area contributed by atoms with Gasteiger partial charge >= 0.3 is 5.97 Å². The summed E-state index contributed by atoms with van der Waals surface area (Å²) in [6.07, 6.45) is 5.67. The third-order valence-electron chi connectivity index (χ3n) is 4.24. The van der Waals surface area contributed by atoms with E-state index in [0.29, 0.717) is 37.8 Å². The second-order valence-electron chi connectivity index (χ2n) is 6.37. The summed E-state index contributed by atoms with van der Waals surface area (Å²) in [6.45, 7) is 7.63. The van der Waals surface area contributed by atoms with Crippen molar-refractivity contribution in [3.63, 3.8) is 0 Å². The van der Waals surface area contributed by atoms with Gasteiger partial charge in [-0.05, 0) is 52.9 Å². The first-order valence-electron chi connectivity index (χ1n) is 9.23. The highest BCUT2D eigenvalue weighted by Crippen LogP contribution is 2.21. The van der Waals surface area contributed by atoms with Crippen LogP contribution in [0.15, 0.2) is 9.41 Å². The van der Waals surface area contributed by atoms with Crippen molar-refractivity contribution in [2.75, 3.05) is 13.1 Å². The van der Waals surface area contributed by atoms with E-state index in [1.54, 1.807) is 0 Å². The maximum Gasteiger partial charge on any atom is 0.306 e. The first-order chi connectivity index (χ1) is 12.1. The van der Waals surface area contributed by atoms with Gasteiger partial charge in [0.25, 0.3) is 0 Å². The topological polar surface area (TPSA) is 88.8 Å². The Kier molecular flexibility index (Phi) is 7.76. The van der Waals surface area contributed by atoms with Gasteiger partial charge in [0.1, 0.15) is 18.4 Å². The van der Waals surface area contributed by atoms with Gasteiger partial charge in [-0.2, -0.15) is 0 Å². The predicted octanol–water partition coefficient (Wildman–Crippen LogP) is 2.61. The first kappa shape index (κ1) is 19.3. The molecule has 2 N–H and O–H groups in total. The second-order valence-corrected chi connectivity index (χ2v) is 6.37. The minimum Gasteiger partial charge on any atom is -0.462 e. The van der Waals surface area contributed by atoms with Crippen LogP contribution in [-0.4, -0.2) is 36.1 Å². The molecular weight excluding hydrogens is 320 g/mol. The van der Waals surface area contributed by atoms with Crippen LogP contribution in [0.5, 0.6) is 0 Å². The van der Waals surface area contributed by atoms with E-state index in [4.69, 9.17) is 9.15 Å². The summed E-state index contributed by atoms with van der Waals surface area (Å²) in [5, 5.41) is 6.40. The Bertz CT molecular complexity index is 557. The number of aryl methyl sites for hydroxylation is 2. The molecule has 1 aliphatic rings. The van der Waals surface area contributed by atoms with Crippen molar-refractivity contribution >= 4 is 11.9 Å². The van der Waals surface area contributed by atoms with Gasteiger partial charge in [-0.25, -0.2) is 9.98 Å². The van der Waals surface area contributed by atoms with Crippen molar-refractivity contribution < 1.29 is 13.9 Å². The summed E-state index contributed by atoms with van der Waals surface area (Å²) in [4.78, 5) is 20.6. The smallest absolute Gasteiger partial charge is 0.306 e. The molecule has 0 aromatic carbocycles. The molecule has 0 radical (unpaired) electrons. The van der Waals surface area contributed by atoms with Crippen LogP contribution in [-0.2, 0) is 16.1 Å². The van der Waals surface area contributed by atoms with Gasteiger partial charge in [-0.15, -0.1) is 0 Å². The highest BCUT2D eigenvalue weighted by molar-refractivity contribution is 5.79. The molecule has 0 bridgehead atoms. The Morgan fingerprint density at radius 2 is 2.08 bits per heavy atom. The van der Waals surface area contributed by atoms with Gasteiger partial charge in [0, 0.05) is 19.5 Å². The normalized spacial score (nSPS) is 15.4. The lowest BCUT2D eigenvalue weighted by Gasteiger charge is -2.12. The maximum absolute atomic E-state index is 11.8. The molecule has 0 saturated heterocycles. The van der Waals surface area contributed by atoms with E-state index in [0.717, 1.165) is 30.8 Å². The van der Waals surface area contributed by atoms with E-state index in [-0.39, 0.29) is 12.1 Å². The van der Waals surface area contributed by atoms with Crippen molar-refractivity contribution in [2.45, 2.75) is 71.9 Å². The number of ether oxygens (including phenoxy) is 1. The fourth-order valence-electron chi connectivity index (χ4n) is 2.79. The fraction of sp³-hybridized carbons (Fsp3) is 0.722. The number of hydrogen-bond donors (Lipinski definition) is 2. The number of rotatable bonds is 8. The number of guanidine groups is 1. The van der Waals surface area contributed by atoms with E-state index < -0.39 is 0 Å². The van der Waals surface area contributed by atoms with Crippen LogP contribution in [0.4, 0.5) is 0 Å². The van der Waals surface area contributed by atoms with Crippen molar-refractivity contribution in [3.8, 4) is 0 Å². The molecule has 1 aliphatic carbocycles. The minimum absolute atomic E-state index is 0.0959. The average molecular weight is 350 g/mol. The zero-order valence-electron chi connectivity index (χ0n) is 15.6. The SMILES string of the molecule is CCNC(=NCc1nc(C)c(C)o1)NCCCC(=O)OC1CCCC1. The number of carbonyl (C=O) groups is 1. The van der Waals surface area contributed by atoms with Crippen LogP contribution in [0.2, 0.25) is 0 Å². The predicted molar refractivity (Wildman–Crippen MR) is 96.4 cm³/mol. The Balaban J connectivity index is 1.69. The summed E-state index contributed by atoms with van der Waals surface area (Å²) in [6, 6.07) is 0. The molecule has 7 heteroatoms. The lowest BCUT2D eigenvalue weighted by Crippen LogP contribution is -2.38. The van der Waals surface area contributed by atoms with Crippen LogP contribution >= 0.6 is 0 Å². The summed E-state index contributed by atoms with van der Waals surface area (Å²) < 4.78 is 11.0. The van der Waals surface area contributed by atoms with Gasteiger partial charge in [0.05, 0.1) is 5.69 Å². The number of nitrogens with one attached hydrogen (secondary N) is 2. The zero-order chi connectivity index (χ0) is 18.1. The third-order valence-corrected chi connectivity index (χ3v) is 4.24. The molecule has 0 atom stereocenters. The van der Waals surface area contributed by atoms with Gasteiger partial charge in [0.2, 0.25) is 5.89 Å². The van der Waals surface area contributed by atoms with Crippen LogP contribution in [0.1, 0.15) is 62.8 Å². The van der Waals surface area contributed by atoms with Gasteiger partial charge < -0.3 is 19.8 Å². The molecule has 1 saturated carbocycles. The second kappa shape index (κ2) is 10.1. The minimum atomic E-state index is -0.0959. The molecule has 1 fully saturated rings. The molecule has 1 aromatic heterocycles. The number of nitrogens with zero attached hydrogens (tertiary/aromatic N) is 2. The largest absolute Gasteiger partial charge is 0.462 e. The van der Waals surface area contributed by atoms with Crippen LogP contribution in [0, 0.1) is 13.8 Å². The molecule has 2 rings (SSSR count). The molecule has 0 aliphatic heterocycles. The van der Waals surface area contributed by atoms with E-state index in [2.05, 4.69) is 20.6 Å². The van der Waals surface area contributed by atoms with E-state index in [1.807, 2.05) is 20.8 Å². The molecule has 1 aromatic rings. The number of hydrogen-bond acceptors (Lipinski definition) is 5. The molecule has 0 unspecified atom stereocenters. The number of aliphatic imine (C=N–C) groups is 1. The van der Waals surface area contributed by atoms with Gasteiger partial charge in [-0.1, -0.05) is 0 Å².